The summed E-state index contributed by atoms with van der Waals surface area (Å²) in [7, 11) is 0. The van der Waals surface area contributed by atoms with Crippen LogP contribution in [0.15, 0.2) is 30.3 Å². The lowest BCUT2D eigenvalue weighted by Crippen LogP contribution is -1.96. The Morgan fingerprint density at radius 2 is 1.67 bits per heavy atom. The molecule has 21 heavy (non-hydrogen) atoms. The highest BCUT2D eigenvalue weighted by atomic mass is 16.1. The monoisotopic (exact) mass is 282 g/mol. The number of carbonyl (C=O) groups excluding carboxylic acids is 1. The van der Waals surface area contributed by atoms with Gasteiger partial charge in [0.15, 0.2) is 5.78 Å². The molecule has 0 N–H and O–H groups in total. The quantitative estimate of drug-likeness (QED) is 0.593. The molecule has 0 radical (unpaired) electrons. The normalized spacial score (nSPS) is 11.0. The first-order chi connectivity index (χ1) is 10.2. The molecule has 2 rings (SSSR count). The summed E-state index contributed by atoms with van der Waals surface area (Å²) in [5, 5.41) is 2.54. The van der Waals surface area contributed by atoms with E-state index in [1.54, 1.807) is 6.92 Å². The average Bonchev–Trinajstić information content (AvgIpc) is 2.49. The molecular formula is C20H26O. The topological polar surface area (TPSA) is 17.1 Å². The Labute approximate surface area is 128 Å². The fourth-order valence-corrected chi connectivity index (χ4v) is 2.84. The van der Waals surface area contributed by atoms with Gasteiger partial charge in [0.25, 0.3) is 0 Å². The van der Waals surface area contributed by atoms with Crippen LogP contribution < -0.4 is 0 Å². The maximum atomic E-state index is 11.6. The Morgan fingerprint density at radius 3 is 2.33 bits per heavy atom. The van der Waals surface area contributed by atoms with Crippen molar-refractivity contribution in [2.24, 2.45) is 0 Å². The molecule has 0 saturated heterocycles. The third-order valence-electron chi connectivity index (χ3n) is 4.12. The van der Waals surface area contributed by atoms with Crippen LogP contribution in [0.4, 0.5) is 0 Å². The molecular weight excluding hydrogens is 256 g/mol. The maximum absolute atomic E-state index is 11.6. The zero-order chi connectivity index (χ0) is 15.2. The first-order valence-electron chi connectivity index (χ1n) is 8.22. The Hall–Kier alpha value is -1.63. The highest BCUT2D eigenvalue weighted by Gasteiger charge is 2.07. The van der Waals surface area contributed by atoms with Gasteiger partial charge in [0.05, 0.1) is 0 Å². The second kappa shape index (κ2) is 7.40. The first-order valence-corrected chi connectivity index (χ1v) is 8.22. The predicted molar refractivity (Wildman–Crippen MR) is 91.2 cm³/mol. The third kappa shape index (κ3) is 3.93. The largest absolute Gasteiger partial charge is 0.295 e. The van der Waals surface area contributed by atoms with Gasteiger partial charge in [-0.15, -0.1) is 0 Å². The maximum Gasteiger partial charge on any atom is 0.159 e. The van der Waals surface area contributed by atoms with Gasteiger partial charge in [0.2, 0.25) is 0 Å². The standard InChI is InChI=1S/C20H26O/c1-4-6-8-16-12-18(9-7-5-2)20-11-10-17(15(3)21)14-19(20)13-16/h10-14H,4-9H2,1-3H3. The van der Waals surface area contributed by atoms with Gasteiger partial charge in [-0.25, -0.2) is 0 Å². The van der Waals surface area contributed by atoms with Crippen LogP contribution in [0.1, 0.15) is 67.9 Å². The molecule has 1 nitrogen and oxygen atoms in total. The third-order valence-corrected chi connectivity index (χ3v) is 4.12. The minimum atomic E-state index is 0.144. The summed E-state index contributed by atoms with van der Waals surface area (Å²) in [6, 6.07) is 10.8. The first kappa shape index (κ1) is 15.8. The van der Waals surface area contributed by atoms with E-state index in [0.717, 1.165) is 18.4 Å². The molecule has 2 aromatic rings. The molecule has 112 valence electrons. The Balaban J connectivity index is 2.48. The van der Waals surface area contributed by atoms with Crippen LogP contribution in [0.5, 0.6) is 0 Å². The van der Waals surface area contributed by atoms with Crippen molar-refractivity contribution in [1.29, 1.82) is 0 Å². The SMILES string of the molecule is CCCCc1cc(CCCC)c2ccc(C(C)=O)cc2c1. The van der Waals surface area contributed by atoms with Gasteiger partial charge in [0, 0.05) is 5.56 Å². The van der Waals surface area contributed by atoms with E-state index in [2.05, 4.69) is 38.1 Å². The van der Waals surface area contributed by atoms with Crippen LogP contribution in [-0.4, -0.2) is 5.78 Å². The number of fused-ring (bicyclic) bond motifs is 1. The van der Waals surface area contributed by atoms with Gasteiger partial charge >= 0.3 is 0 Å². The van der Waals surface area contributed by atoms with Gasteiger partial charge in [-0.05, 0) is 60.6 Å². The van der Waals surface area contributed by atoms with E-state index in [1.807, 2.05) is 6.07 Å². The smallest absolute Gasteiger partial charge is 0.159 e. The van der Waals surface area contributed by atoms with E-state index < -0.39 is 0 Å². The molecule has 0 heterocycles. The molecule has 0 atom stereocenters. The summed E-state index contributed by atoms with van der Waals surface area (Å²) in [6.07, 6.45) is 7.15. The second-order valence-corrected chi connectivity index (χ2v) is 5.95. The number of rotatable bonds is 7. The lowest BCUT2D eigenvalue weighted by Gasteiger charge is -2.11. The number of hydrogen-bond acceptors (Lipinski definition) is 1. The molecule has 0 aliphatic carbocycles. The summed E-state index contributed by atoms with van der Waals surface area (Å²) < 4.78 is 0. The van der Waals surface area contributed by atoms with Gasteiger partial charge < -0.3 is 0 Å². The van der Waals surface area contributed by atoms with Crippen LogP contribution in [0.2, 0.25) is 0 Å². The number of Topliss-reactive ketones (excluding diaryl/α,β-unsaturated/α-hetero) is 1. The molecule has 0 aliphatic heterocycles. The second-order valence-electron chi connectivity index (χ2n) is 5.95. The van der Waals surface area contributed by atoms with Gasteiger partial charge in [-0.1, -0.05) is 51.0 Å². The van der Waals surface area contributed by atoms with Crippen LogP contribution >= 0.6 is 0 Å². The summed E-state index contributed by atoms with van der Waals surface area (Å²) in [5.74, 6) is 0.144. The number of aryl methyl sites for hydroxylation is 2. The lowest BCUT2D eigenvalue weighted by atomic mass is 9.94. The molecule has 0 amide bonds. The molecule has 0 saturated carbocycles. The van der Waals surface area contributed by atoms with E-state index >= 15 is 0 Å². The fourth-order valence-electron chi connectivity index (χ4n) is 2.84. The van der Waals surface area contributed by atoms with Crippen molar-refractivity contribution in [2.45, 2.75) is 59.3 Å². The molecule has 0 bridgehead atoms. The molecule has 1 heteroatoms. The fraction of sp³-hybridized carbons (Fsp3) is 0.450. The van der Waals surface area contributed by atoms with E-state index in [-0.39, 0.29) is 5.78 Å². The highest BCUT2D eigenvalue weighted by molar-refractivity contribution is 5.99. The molecule has 0 aliphatic rings. The van der Waals surface area contributed by atoms with Crippen molar-refractivity contribution in [1.82, 2.24) is 0 Å². The van der Waals surface area contributed by atoms with E-state index in [1.165, 1.54) is 47.6 Å². The van der Waals surface area contributed by atoms with Crippen LogP contribution in [0, 0.1) is 0 Å². The van der Waals surface area contributed by atoms with Crippen molar-refractivity contribution >= 4 is 16.6 Å². The van der Waals surface area contributed by atoms with Crippen molar-refractivity contribution < 1.29 is 4.79 Å². The number of ketones is 1. The predicted octanol–water partition coefficient (Wildman–Crippen LogP) is 5.73. The summed E-state index contributed by atoms with van der Waals surface area (Å²) in [4.78, 5) is 11.6. The lowest BCUT2D eigenvalue weighted by molar-refractivity contribution is 0.101. The molecule has 0 aromatic heterocycles. The van der Waals surface area contributed by atoms with E-state index in [4.69, 9.17) is 0 Å². The number of unbranched alkanes of at least 4 members (excludes halogenated alkanes) is 2. The zero-order valence-electron chi connectivity index (χ0n) is 13.5. The van der Waals surface area contributed by atoms with Crippen LogP contribution in [0.3, 0.4) is 0 Å². The number of benzene rings is 2. The summed E-state index contributed by atoms with van der Waals surface area (Å²) in [6.45, 7) is 6.10. The minimum Gasteiger partial charge on any atom is -0.295 e. The molecule has 0 spiro atoms. The van der Waals surface area contributed by atoms with E-state index in [0.29, 0.717) is 0 Å². The highest BCUT2D eigenvalue weighted by Crippen LogP contribution is 2.25. The minimum absolute atomic E-state index is 0.144. The summed E-state index contributed by atoms with van der Waals surface area (Å²) in [5.41, 5.74) is 3.67. The molecule has 0 unspecified atom stereocenters. The van der Waals surface area contributed by atoms with Crippen molar-refractivity contribution in [3.05, 3.63) is 47.0 Å². The van der Waals surface area contributed by atoms with Crippen molar-refractivity contribution in [3.63, 3.8) is 0 Å². The Morgan fingerprint density at radius 1 is 0.952 bits per heavy atom. The van der Waals surface area contributed by atoms with Crippen molar-refractivity contribution in [3.8, 4) is 0 Å². The molecule has 2 aromatic carbocycles. The van der Waals surface area contributed by atoms with Crippen LogP contribution in [-0.2, 0) is 12.8 Å². The van der Waals surface area contributed by atoms with E-state index in [9.17, 15) is 4.79 Å². The Bertz CT molecular complexity index is 625. The Kier molecular flexibility index (Phi) is 5.55. The average molecular weight is 282 g/mol. The van der Waals surface area contributed by atoms with Crippen molar-refractivity contribution in [2.75, 3.05) is 0 Å². The molecule has 0 fully saturated rings. The zero-order valence-corrected chi connectivity index (χ0v) is 13.5. The van der Waals surface area contributed by atoms with Crippen LogP contribution in [0.25, 0.3) is 10.8 Å². The van der Waals surface area contributed by atoms with Gasteiger partial charge in [-0.2, -0.15) is 0 Å². The number of carbonyl (C=O) groups is 1. The van der Waals surface area contributed by atoms with Gasteiger partial charge in [-0.3, -0.25) is 4.79 Å². The number of hydrogen-bond donors (Lipinski definition) is 0. The summed E-state index contributed by atoms with van der Waals surface area (Å²) >= 11 is 0. The van der Waals surface area contributed by atoms with Gasteiger partial charge in [0.1, 0.15) is 0 Å².